The molecule has 3 N–H and O–H groups in total. The van der Waals surface area contributed by atoms with Gasteiger partial charge in [0.05, 0.1) is 25.2 Å². The molecule has 382 valence electrons. The van der Waals surface area contributed by atoms with E-state index in [1.807, 2.05) is 6.08 Å². The number of hydrogen-bond acceptors (Lipinski definition) is 5. The maximum atomic E-state index is 13.2. The molecule has 0 aromatic carbocycles. The number of carbonyl (C=O) groups is 2. The topological polar surface area (TPSA) is 95.9 Å². The largest absolute Gasteiger partial charge is 0.458 e. The van der Waals surface area contributed by atoms with Gasteiger partial charge in [-0.15, -0.1) is 0 Å². The summed E-state index contributed by atoms with van der Waals surface area (Å²) in [6.07, 6.45) is 73.2. The SMILES string of the molecule is CC/C=C\C/C=C\C/C=C\C/C=C\C/C=C\C/C=C\C(CC(=O)NC(CO)C(O)CCCCCCCCCCCCCCCCCC)OC(=O)CCCCCCCCC/C=C/C=C/C=C/CC. The quantitative estimate of drug-likeness (QED) is 0.0244. The normalized spacial score (nSPS) is 14.0. The van der Waals surface area contributed by atoms with E-state index in [-0.39, 0.29) is 24.9 Å². The number of unbranched alkanes of at least 4 members (excludes halogenated alkanes) is 22. The van der Waals surface area contributed by atoms with E-state index in [2.05, 4.69) is 123 Å². The number of hydrogen-bond donors (Lipinski definition) is 3. The van der Waals surface area contributed by atoms with Crippen LogP contribution in [-0.2, 0) is 14.3 Å². The van der Waals surface area contributed by atoms with Gasteiger partial charge < -0.3 is 20.3 Å². The fourth-order valence-electron chi connectivity index (χ4n) is 7.78. The lowest BCUT2D eigenvalue weighted by Crippen LogP contribution is -2.46. The van der Waals surface area contributed by atoms with Crippen molar-refractivity contribution in [2.24, 2.45) is 0 Å². The second kappa shape index (κ2) is 53.5. The molecule has 3 atom stereocenters. The van der Waals surface area contributed by atoms with Crippen LogP contribution in [0.25, 0.3) is 0 Å². The maximum Gasteiger partial charge on any atom is 0.306 e. The Hall–Kier alpha value is -3.48. The number of aliphatic hydroxyl groups is 2. The molecule has 0 aliphatic rings. The van der Waals surface area contributed by atoms with E-state index >= 15 is 0 Å². The van der Waals surface area contributed by atoms with Crippen LogP contribution in [0.3, 0.4) is 0 Å². The second-order valence-electron chi connectivity index (χ2n) is 18.3. The van der Waals surface area contributed by atoms with Gasteiger partial charge in [-0.1, -0.05) is 259 Å². The Bertz CT molecular complexity index is 1370. The van der Waals surface area contributed by atoms with Gasteiger partial charge in [-0.2, -0.15) is 0 Å². The van der Waals surface area contributed by atoms with Crippen molar-refractivity contribution in [2.45, 2.75) is 257 Å². The van der Waals surface area contributed by atoms with E-state index in [0.29, 0.717) is 19.3 Å². The van der Waals surface area contributed by atoms with Gasteiger partial charge in [-0.05, 0) is 76.7 Å². The van der Waals surface area contributed by atoms with Crippen molar-refractivity contribution in [2.75, 3.05) is 6.61 Å². The van der Waals surface area contributed by atoms with Crippen LogP contribution >= 0.6 is 0 Å². The molecule has 0 aromatic rings. The first-order valence-corrected chi connectivity index (χ1v) is 27.7. The Balaban J connectivity index is 4.75. The standard InChI is InChI=1S/C61H103NO5/c1-4-7-10-13-16-19-22-25-28-30-32-34-37-40-43-46-49-52-57(67-61(66)54-51-48-45-42-39-36-31-27-24-21-18-15-12-9-6-3)55-60(65)62-58(56-63)59(64)53-50-47-44-41-38-35-33-29-26-23-20-17-14-11-8-5-2/h7,9-10,12,15-16,18-19,21,24-25,28,32,34,40,43,49,52,57-59,63-64H,4-6,8,11,13-14,17,20,22-23,26-27,29-31,33,35-39,41-42,44-48,50-51,53-56H2,1-3H3,(H,62,65)/b10-7-,12-9+,18-15+,19-16-,24-21+,28-25-,34-32-,43-40-,52-49-. The first kappa shape index (κ1) is 63.5. The fourth-order valence-corrected chi connectivity index (χ4v) is 7.78. The molecule has 1 amide bonds. The predicted molar refractivity (Wildman–Crippen MR) is 291 cm³/mol. The summed E-state index contributed by atoms with van der Waals surface area (Å²) < 4.78 is 5.83. The zero-order valence-corrected chi connectivity index (χ0v) is 43.5. The van der Waals surface area contributed by atoms with E-state index in [4.69, 9.17) is 4.74 Å². The average molecular weight is 930 g/mol. The van der Waals surface area contributed by atoms with Crippen molar-refractivity contribution < 1.29 is 24.5 Å². The fraction of sp³-hybridized carbons (Fsp3) is 0.672. The average Bonchev–Trinajstić information content (AvgIpc) is 3.32. The van der Waals surface area contributed by atoms with E-state index in [1.165, 1.54) is 109 Å². The van der Waals surface area contributed by atoms with Crippen LogP contribution in [0.2, 0.25) is 0 Å². The molecule has 0 spiro atoms. The van der Waals surface area contributed by atoms with Crippen LogP contribution in [0.4, 0.5) is 0 Å². The number of allylic oxidation sites excluding steroid dienone is 17. The third kappa shape index (κ3) is 48.8. The molecule has 3 unspecified atom stereocenters. The van der Waals surface area contributed by atoms with Gasteiger partial charge in [-0.25, -0.2) is 0 Å². The Morgan fingerprint density at radius 1 is 0.478 bits per heavy atom. The maximum absolute atomic E-state index is 13.2. The minimum absolute atomic E-state index is 0.0580. The molecule has 0 aromatic heterocycles. The third-order valence-corrected chi connectivity index (χ3v) is 11.9. The molecule has 0 bridgehead atoms. The Labute approximate surface area is 413 Å². The molecule has 0 radical (unpaired) electrons. The first-order valence-electron chi connectivity index (χ1n) is 27.7. The molecule has 0 aliphatic carbocycles. The zero-order valence-electron chi connectivity index (χ0n) is 43.5. The highest BCUT2D eigenvalue weighted by molar-refractivity contribution is 5.78. The molecular weight excluding hydrogens is 827 g/mol. The van der Waals surface area contributed by atoms with Crippen molar-refractivity contribution in [1.82, 2.24) is 5.32 Å². The molecular formula is C61H103NO5. The summed E-state index contributed by atoms with van der Waals surface area (Å²) >= 11 is 0. The monoisotopic (exact) mass is 930 g/mol. The Kier molecular flexibility index (Phi) is 50.7. The zero-order chi connectivity index (χ0) is 48.8. The van der Waals surface area contributed by atoms with Crippen LogP contribution in [0.1, 0.15) is 239 Å². The number of amides is 1. The molecule has 0 heterocycles. The van der Waals surface area contributed by atoms with E-state index in [0.717, 1.165) is 83.5 Å². The van der Waals surface area contributed by atoms with E-state index in [9.17, 15) is 19.8 Å². The number of nitrogens with one attached hydrogen (secondary N) is 1. The van der Waals surface area contributed by atoms with Gasteiger partial charge in [0.1, 0.15) is 6.10 Å². The molecule has 0 aliphatic heterocycles. The van der Waals surface area contributed by atoms with Crippen LogP contribution < -0.4 is 5.32 Å². The highest BCUT2D eigenvalue weighted by Gasteiger charge is 2.23. The number of carbonyl (C=O) groups excluding carboxylic acids is 2. The van der Waals surface area contributed by atoms with Crippen molar-refractivity contribution in [1.29, 1.82) is 0 Å². The van der Waals surface area contributed by atoms with Crippen molar-refractivity contribution in [3.8, 4) is 0 Å². The van der Waals surface area contributed by atoms with Gasteiger partial charge in [0.2, 0.25) is 5.91 Å². The molecule has 6 heteroatoms. The van der Waals surface area contributed by atoms with E-state index in [1.54, 1.807) is 6.08 Å². The summed E-state index contributed by atoms with van der Waals surface area (Å²) in [5.41, 5.74) is 0. The van der Waals surface area contributed by atoms with Gasteiger partial charge >= 0.3 is 5.97 Å². The van der Waals surface area contributed by atoms with Crippen molar-refractivity contribution in [3.05, 3.63) is 109 Å². The van der Waals surface area contributed by atoms with Gasteiger partial charge in [0.15, 0.2) is 0 Å². The third-order valence-electron chi connectivity index (χ3n) is 11.9. The van der Waals surface area contributed by atoms with Crippen LogP contribution in [0, 0.1) is 0 Å². The highest BCUT2D eigenvalue weighted by atomic mass is 16.5. The molecule has 0 saturated carbocycles. The number of ether oxygens (including phenoxy) is 1. The molecule has 0 saturated heterocycles. The number of esters is 1. The molecule has 67 heavy (non-hydrogen) atoms. The van der Waals surface area contributed by atoms with Crippen molar-refractivity contribution >= 4 is 11.9 Å². The molecule has 6 nitrogen and oxygen atoms in total. The van der Waals surface area contributed by atoms with Crippen molar-refractivity contribution in [3.63, 3.8) is 0 Å². The summed E-state index contributed by atoms with van der Waals surface area (Å²) in [4.78, 5) is 26.2. The molecule has 0 rings (SSSR count). The van der Waals surface area contributed by atoms with Gasteiger partial charge in [0.25, 0.3) is 0 Å². The first-order chi connectivity index (χ1) is 33.0. The Morgan fingerprint density at radius 2 is 0.896 bits per heavy atom. The second-order valence-corrected chi connectivity index (χ2v) is 18.3. The summed E-state index contributed by atoms with van der Waals surface area (Å²) in [6, 6.07) is -0.753. The van der Waals surface area contributed by atoms with Crippen LogP contribution in [0.15, 0.2) is 109 Å². The minimum atomic E-state index is -0.829. The minimum Gasteiger partial charge on any atom is -0.458 e. The van der Waals surface area contributed by atoms with Gasteiger partial charge in [-0.3, -0.25) is 9.59 Å². The summed E-state index contributed by atoms with van der Waals surface area (Å²) in [5, 5.41) is 23.8. The van der Waals surface area contributed by atoms with Crippen LogP contribution in [0.5, 0.6) is 0 Å². The smallest absolute Gasteiger partial charge is 0.306 e. The summed E-state index contributed by atoms with van der Waals surface area (Å²) in [5.74, 6) is -0.649. The Morgan fingerprint density at radius 3 is 1.37 bits per heavy atom. The molecule has 0 fully saturated rings. The van der Waals surface area contributed by atoms with Crippen LogP contribution in [-0.4, -0.2) is 46.9 Å². The van der Waals surface area contributed by atoms with Gasteiger partial charge in [0, 0.05) is 6.42 Å². The number of aliphatic hydroxyl groups excluding tert-OH is 2. The highest BCUT2D eigenvalue weighted by Crippen LogP contribution is 2.16. The van der Waals surface area contributed by atoms with E-state index < -0.39 is 18.2 Å². The lowest BCUT2D eigenvalue weighted by atomic mass is 10.0. The predicted octanol–water partition coefficient (Wildman–Crippen LogP) is 17.1. The summed E-state index contributed by atoms with van der Waals surface area (Å²) in [7, 11) is 0. The number of rotatable bonds is 48. The summed E-state index contributed by atoms with van der Waals surface area (Å²) in [6.45, 7) is 6.21. The lowest BCUT2D eigenvalue weighted by molar-refractivity contribution is -0.148. The lowest BCUT2D eigenvalue weighted by Gasteiger charge is -2.23.